The zero-order valence-electron chi connectivity index (χ0n) is 9.73. The standard InChI is InChI=1S/C14H16N2O/c15-14(17)13-8-11-6-1-2-7-12(11)16(13)9-10-4-3-5-10/h1-2,6-8,10H,3-5,9H2,(H2,15,17). The van der Waals surface area contributed by atoms with Crippen LogP contribution >= 0.6 is 0 Å². The van der Waals surface area contributed by atoms with E-state index in [1.54, 1.807) is 0 Å². The third-order valence-electron chi connectivity index (χ3n) is 3.73. The summed E-state index contributed by atoms with van der Waals surface area (Å²) in [6, 6.07) is 9.97. The SMILES string of the molecule is NC(=O)c1cc2ccccc2n1CC1CCC1. The molecular formula is C14H16N2O. The lowest BCUT2D eigenvalue weighted by Crippen LogP contribution is -2.23. The minimum absolute atomic E-state index is 0.333. The van der Waals surface area contributed by atoms with Gasteiger partial charge in [0.25, 0.3) is 5.91 Å². The first-order valence-corrected chi connectivity index (χ1v) is 6.14. The molecule has 0 spiro atoms. The van der Waals surface area contributed by atoms with Crippen LogP contribution in [0, 0.1) is 5.92 Å². The molecule has 0 unspecified atom stereocenters. The molecule has 3 nitrogen and oxygen atoms in total. The number of carbonyl (C=O) groups is 1. The molecule has 3 heteroatoms. The summed E-state index contributed by atoms with van der Waals surface area (Å²) < 4.78 is 2.08. The maximum atomic E-state index is 11.5. The van der Waals surface area contributed by atoms with Crippen LogP contribution in [-0.4, -0.2) is 10.5 Å². The summed E-state index contributed by atoms with van der Waals surface area (Å²) in [5.74, 6) is 0.379. The topological polar surface area (TPSA) is 48.0 Å². The first kappa shape index (κ1) is 10.4. The molecule has 1 saturated carbocycles. The highest BCUT2D eigenvalue weighted by Gasteiger charge is 2.21. The summed E-state index contributed by atoms with van der Waals surface area (Å²) in [5.41, 5.74) is 7.21. The molecule has 0 bridgehead atoms. The third-order valence-corrected chi connectivity index (χ3v) is 3.73. The fourth-order valence-corrected chi connectivity index (χ4v) is 2.54. The van der Waals surface area contributed by atoms with Crippen molar-refractivity contribution in [2.45, 2.75) is 25.8 Å². The Morgan fingerprint density at radius 2 is 2.12 bits per heavy atom. The smallest absolute Gasteiger partial charge is 0.265 e. The van der Waals surface area contributed by atoms with Crippen molar-refractivity contribution in [1.82, 2.24) is 4.57 Å². The van der Waals surface area contributed by atoms with Crippen molar-refractivity contribution in [3.05, 3.63) is 36.0 Å². The Balaban J connectivity index is 2.10. The Kier molecular flexibility index (Phi) is 2.39. The monoisotopic (exact) mass is 228 g/mol. The minimum Gasteiger partial charge on any atom is -0.364 e. The van der Waals surface area contributed by atoms with E-state index in [1.165, 1.54) is 19.3 Å². The van der Waals surface area contributed by atoms with Crippen molar-refractivity contribution >= 4 is 16.8 Å². The average molecular weight is 228 g/mol. The molecule has 88 valence electrons. The first-order valence-electron chi connectivity index (χ1n) is 6.14. The normalized spacial score (nSPS) is 16.0. The van der Waals surface area contributed by atoms with Crippen molar-refractivity contribution < 1.29 is 4.79 Å². The highest BCUT2D eigenvalue weighted by atomic mass is 16.1. The van der Waals surface area contributed by atoms with Crippen LogP contribution in [-0.2, 0) is 6.54 Å². The highest BCUT2D eigenvalue weighted by Crippen LogP contribution is 2.30. The number of amides is 1. The van der Waals surface area contributed by atoms with Gasteiger partial charge in [-0.25, -0.2) is 0 Å². The van der Waals surface area contributed by atoms with Gasteiger partial charge in [0, 0.05) is 17.4 Å². The second-order valence-electron chi connectivity index (χ2n) is 4.86. The third kappa shape index (κ3) is 1.71. The number of aromatic nitrogens is 1. The van der Waals surface area contributed by atoms with Gasteiger partial charge in [-0.3, -0.25) is 4.79 Å². The summed E-state index contributed by atoms with van der Waals surface area (Å²) in [6.07, 6.45) is 3.85. The molecule has 1 aliphatic carbocycles. The van der Waals surface area contributed by atoms with Crippen molar-refractivity contribution in [2.24, 2.45) is 11.7 Å². The molecule has 2 aromatic rings. The van der Waals surface area contributed by atoms with Crippen LogP contribution in [0.5, 0.6) is 0 Å². The summed E-state index contributed by atoms with van der Waals surface area (Å²) in [6.45, 7) is 0.922. The van der Waals surface area contributed by atoms with E-state index >= 15 is 0 Å². The molecule has 0 aliphatic heterocycles. The first-order chi connectivity index (χ1) is 8.25. The molecule has 0 atom stereocenters. The lowest BCUT2D eigenvalue weighted by molar-refractivity contribution is 0.0989. The molecule has 1 fully saturated rings. The van der Waals surface area contributed by atoms with Gasteiger partial charge in [-0.05, 0) is 30.9 Å². The molecule has 2 N–H and O–H groups in total. The molecule has 3 rings (SSSR count). The molecule has 0 radical (unpaired) electrons. The van der Waals surface area contributed by atoms with Gasteiger partial charge in [0.15, 0.2) is 0 Å². The number of nitrogens with zero attached hydrogens (tertiary/aromatic N) is 1. The van der Waals surface area contributed by atoms with Gasteiger partial charge >= 0.3 is 0 Å². The van der Waals surface area contributed by atoms with Gasteiger partial charge in [0.05, 0.1) is 0 Å². The molecule has 17 heavy (non-hydrogen) atoms. The number of para-hydroxylation sites is 1. The van der Waals surface area contributed by atoms with Crippen LogP contribution in [0.4, 0.5) is 0 Å². The van der Waals surface area contributed by atoms with E-state index in [1.807, 2.05) is 24.3 Å². The van der Waals surface area contributed by atoms with E-state index in [0.717, 1.165) is 17.4 Å². The van der Waals surface area contributed by atoms with Crippen LogP contribution in [0.2, 0.25) is 0 Å². The molecule has 1 heterocycles. The average Bonchev–Trinajstić information content (AvgIpc) is 2.62. The van der Waals surface area contributed by atoms with Gasteiger partial charge < -0.3 is 10.3 Å². The summed E-state index contributed by atoms with van der Waals surface area (Å²) in [4.78, 5) is 11.5. The lowest BCUT2D eigenvalue weighted by Gasteiger charge is -2.26. The van der Waals surface area contributed by atoms with E-state index in [9.17, 15) is 4.79 Å². The maximum Gasteiger partial charge on any atom is 0.265 e. The minimum atomic E-state index is -0.333. The maximum absolute atomic E-state index is 11.5. The second-order valence-corrected chi connectivity index (χ2v) is 4.86. The largest absolute Gasteiger partial charge is 0.364 e. The zero-order valence-corrected chi connectivity index (χ0v) is 9.73. The van der Waals surface area contributed by atoms with E-state index in [4.69, 9.17) is 5.73 Å². The fraction of sp³-hybridized carbons (Fsp3) is 0.357. The number of hydrogen-bond donors (Lipinski definition) is 1. The Bertz CT molecular complexity index is 567. The van der Waals surface area contributed by atoms with Crippen LogP contribution in [0.3, 0.4) is 0 Å². The van der Waals surface area contributed by atoms with Crippen molar-refractivity contribution in [3.63, 3.8) is 0 Å². The molecule has 1 aliphatic rings. The van der Waals surface area contributed by atoms with E-state index in [0.29, 0.717) is 11.6 Å². The summed E-state index contributed by atoms with van der Waals surface area (Å²) >= 11 is 0. The van der Waals surface area contributed by atoms with Gasteiger partial charge in [-0.15, -0.1) is 0 Å². The Morgan fingerprint density at radius 1 is 1.35 bits per heavy atom. The lowest BCUT2D eigenvalue weighted by atomic mass is 9.85. The number of rotatable bonds is 3. The number of benzene rings is 1. The van der Waals surface area contributed by atoms with Crippen LogP contribution in [0.15, 0.2) is 30.3 Å². The Morgan fingerprint density at radius 3 is 2.76 bits per heavy atom. The number of fused-ring (bicyclic) bond motifs is 1. The van der Waals surface area contributed by atoms with Gasteiger partial charge in [-0.2, -0.15) is 0 Å². The summed E-state index contributed by atoms with van der Waals surface area (Å²) in [5, 5.41) is 1.10. The molecule has 1 amide bonds. The van der Waals surface area contributed by atoms with Crippen molar-refractivity contribution in [1.29, 1.82) is 0 Å². The zero-order chi connectivity index (χ0) is 11.8. The van der Waals surface area contributed by atoms with E-state index < -0.39 is 0 Å². The highest BCUT2D eigenvalue weighted by molar-refractivity contribution is 5.97. The fourth-order valence-electron chi connectivity index (χ4n) is 2.54. The molecular weight excluding hydrogens is 212 g/mol. The van der Waals surface area contributed by atoms with E-state index in [2.05, 4.69) is 10.6 Å². The van der Waals surface area contributed by atoms with Crippen LogP contribution in [0.1, 0.15) is 29.8 Å². The van der Waals surface area contributed by atoms with Gasteiger partial charge in [0.1, 0.15) is 5.69 Å². The molecule has 1 aromatic carbocycles. The number of primary amides is 1. The molecule has 0 saturated heterocycles. The van der Waals surface area contributed by atoms with Crippen molar-refractivity contribution in [3.8, 4) is 0 Å². The van der Waals surface area contributed by atoms with Gasteiger partial charge in [-0.1, -0.05) is 24.6 Å². The quantitative estimate of drug-likeness (QED) is 0.862. The van der Waals surface area contributed by atoms with Crippen molar-refractivity contribution in [2.75, 3.05) is 0 Å². The van der Waals surface area contributed by atoms with Gasteiger partial charge in [0.2, 0.25) is 0 Å². The number of hydrogen-bond acceptors (Lipinski definition) is 1. The summed E-state index contributed by atoms with van der Waals surface area (Å²) in [7, 11) is 0. The van der Waals surface area contributed by atoms with Crippen LogP contribution in [0.25, 0.3) is 10.9 Å². The second kappa shape index (κ2) is 3.91. The van der Waals surface area contributed by atoms with E-state index in [-0.39, 0.29) is 5.91 Å². The predicted molar refractivity (Wildman–Crippen MR) is 67.8 cm³/mol. The Labute approximate surface area is 100 Å². The Hall–Kier alpha value is -1.77. The number of nitrogens with two attached hydrogens (primary N) is 1. The molecule has 1 aromatic heterocycles. The van der Waals surface area contributed by atoms with Crippen LogP contribution < -0.4 is 5.73 Å². The number of carbonyl (C=O) groups excluding carboxylic acids is 1. The predicted octanol–water partition coefficient (Wildman–Crippen LogP) is 2.54.